The third kappa shape index (κ3) is 5.59. The lowest BCUT2D eigenvalue weighted by atomic mass is 10.1. The summed E-state index contributed by atoms with van der Waals surface area (Å²) in [5.74, 6) is 0.938. The minimum Gasteiger partial charge on any atom is -0.333 e. The zero-order valence-corrected chi connectivity index (χ0v) is 17.2. The average molecular weight is 398 g/mol. The van der Waals surface area contributed by atoms with E-state index in [9.17, 15) is 9.59 Å². The summed E-state index contributed by atoms with van der Waals surface area (Å²) >= 11 is 1.73. The molecule has 0 saturated carbocycles. The van der Waals surface area contributed by atoms with Gasteiger partial charge in [0, 0.05) is 49.3 Å². The largest absolute Gasteiger partial charge is 0.333 e. The Balaban J connectivity index is 1.74. The number of carbonyl (C=O) groups excluding carboxylic acids is 2. The predicted octanol–water partition coefficient (Wildman–Crippen LogP) is 3.64. The molecule has 2 aromatic rings. The van der Waals surface area contributed by atoms with E-state index in [1.165, 1.54) is 12.5 Å². The Morgan fingerprint density at radius 3 is 2.46 bits per heavy atom. The lowest BCUT2D eigenvalue weighted by molar-refractivity contribution is -0.132. The number of anilines is 1. The number of nitrogens with one attached hydrogen (secondary N) is 1. The average Bonchev–Trinajstić information content (AvgIpc) is 2.85. The molecule has 2 amide bonds. The van der Waals surface area contributed by atoms with Crippen molar-refractivity contribution in [2.45, 2.75) is 24.3 Å². The summed E-state index contributed by atoms with van der Waals surface area (Å²) in [6.45, 7) is 3.96. The maximum absolute atomic E-state index is 12.8. The second-order valence-corrected chi connectivity index (χ2v) is 8.18. The van der Waals surface area contributed by atoms with Crippen LogP contribution in [0.3, 0.4) is 0 Å². The molecule has 1 heterocycles. The molecule has 0 bridgehead atoms. The molecule has 0 spiro atoms. The first-order valence-electron chi connectivity index (χ1n) is 9.56. The van der Waals surface area contributed by atoms with Crippen LogP contribution in [0, 0.1) is 0 Å². The van der Waals surface area contributed by atoms with Crippen LogP contribution in [0.25, 0.3) is 0 Å². The van der Waals surface area contributed by atoms with Crippen LogP contribution in [-0.4, -0.2) is 54.0 Å². The first kappa shape index (κ1) is 20.4. The normalized spacial score (nSPS) is 16.5. The number of benzene rings is 2. The fourth-order valence-corrected chi connectivity index (χ4v) is 4.38. The number of rotatable bonds is 6. The number of carbonyl (C=O) groups is 2. The third-order valence-electron chi connectivity index (χ3n) is 4.89. The molecule has 0 aromatic heterocycles. The zero-order valence-electron chi connectivity index (χ0n) is 16.4. The molecule has 1 fully saturated rings. The molecule has 148 valence electrons. The quantitative estimate of drug-likeness (QED) is 0.756. The summed E-state index contributed by atoms with van der Waals surface area (Å²) in [6.07, 6.45) is 0.565. The summed E-state index contributed by atoms with van der Waals surface area (Å²) in [4.78, 5) is 29.3. The maximum atomic E-state index is 12.8. The van der Waals surface area contributed by atoms with Gasteiger partial charge in [-0.3, -0.25) is 9.59 Å². The molecule has 0 unspecified atom stereocenters. The van der Waals surface area contributed by atoms with Crippen molar-refractivity contribution in [3.05, 3.63) is 60.2 Å². The second kappa shape index (κ2) is 9.75. The number of amides is 2. The Labute approximate surface area is 171 Å². The number of likely N-dealkylation sites (N-methyl/N-ethyl adjacent to an activating group) is 1. The summed E-state index contributed by atoms with van der Waals surface area (Å²) < 4.78 is 0. The molecule has 28 heavy (non-hydrogen) atoms. The van der Waals surface area contributed by atoms with Crippen LogP contribution in [-0.2, 0) is 9.59 Å². The number of nitrogens with zero attached hydrogens (tertiary/aromatic N) is 2. The van der Waals surface area contributed by atoms with Crippen molar-refractivity contribution in [1.82, 2.24) is 9.80 Å². The van der Waals surface area contributed by atoms with Gasteiger partial charge in [-0.15, -0.1) is 11.8 Å². The van der Waals surface area contributed by atoms with E-state index < -0.39 is 0 Å². The Hall–Kier alpha value is -2.31. The smallest absolute Gasteiger partial charge is 0.224 e. The lowest BCUT2D eigenvalue weighted by Crippen LogP contribution is -2.37. The van der Waals surface area contributed by atoms with Gasteiger partial charge < -0.3 is 15.1 Å². The van der Waals surface area contributed by atoms with E-state index in [0.29, 0.717) is 6.42 Å². The highest BCUT2D eigenvalue weighted by molar-refractivity contribution is 7.99. The Morgan fingerprint density at radius 2 is 1.79 bits per heavy atom. The number of hydrogen-bond donors (Lipinski definition) is 1. The van der Waals surface area contributed by atoms with Gasteiger partial charge in [0.2, 0.25) is 11.8 Å². The van der Waals surface area contributed by atoms with Gasteiger partial charge in [0.15, 0.2) is 0 Å². The molecule has 5 nitrogen and oxygen atoms in total. The molecule has 3 rings (SSSR count). The fraction of sp³-hybridized carbons (Fsp3) is 0.364. The van der Waals surface area contributed by atoms with E-state index in [1.807, 2.05) is 47.4 Å². The molecule has 2 aromatic carbocycles. The van der Waals surface area contributed by atoms with Gasteiger partial charge in [-0.05, 0) is 36.9 Å². The SMILES string of the molecule is CC(=O)Nc1ccc(SC[C@H](c2ccccc2)N2CCN(C)CCC2=O)cc1. The van der Waals surface area contributed by atoms with E-state index in [-0.39, 0.29) is 17.9 Å². The topological polar surface area (TPSA) is 52.7 Å². The highest BCUT2D eigenvalue weighted by Crippen LogP contribution is 2.30. The van der Waals surface area contributed by atoms with Crippen LogP contribution in [0.15, 0.2) is 59.5 Å². The van der Waals surface area contributed by atoms with Crippen LogP contribution in [0.4, 0.5) is 5.69 Å². The molecule has 1 atom stereocenters. The minimum absolute atomic E-state index is 0.0419. The van der Waals surface area contributed by atoms with Gasteiger partial charge >= 0.3 is 0 Å². The summed E-state index contributed by atoms with van der Waals surface area (Å²) in [5.41, 5.74) is 1.96. The lowest BCUT2D eigenvalue weighted by Gasteiger charge is -2.31. The van der Waals surface area contributed by atoms with E-state index in [0.717, 1.165) is 36.0 Å². The van der Waals surface area contributed by atoms with Crippen LogP contribution in [0.2, 0.25) is 0 Å². The van der Waals surface area contributed by atoms with Crippen molar-refractivity contribution < 1.29 is 9.59 Å². The molecular formula is C22H27N3O2S. The van der Waals surface area contributed by atoms with Crippen molar-refractivity contribution in [3.8, 4) is 0 Å². The van der Waals surface area contributed by atoms with Gasteiger partial charge in [0.1, 0.15) is 0 Å². The molecule has 1 N–H and O–H groups in total. The molecule has 6 heteroatoms. The van der Waals surface area contributed by atoms with Gasteiger partial charge in [-0.25, -0.2) is 0 Å². The summed E-state index contributed by atoms with van der Waals surface area (Å²) in [5, 5.41) is 2.79. The molecule has 0 aliphatic carbocycles. The van der Waals surface area contributed by atoms with Crippen molar-refractivity contribution in [2.24, 2.45) is 0 Å². The monoisotopic (exact) mass is 397 g/mol. The molecule has 1 aliphatic rings. The minimum atomic E-state index is -0.0748. The Kier molecular flexibility index (Phi) is 7.12. The van der Waals surface area contributed by atoms with E-state index in [4.69, 9.17) is 0 Å². The van der Waals surface area contributed by atoms with Crippen LogP contribution >= 0.6 is 11.8 Å². The molecule has 1 aliphatic heterocycles. The highest BCUT2D eigenvalue weighted by atomic mass is 32.2. The van der Waals surface area contributed by atoms with E-state index in [2.05, 4.69) is 29.4 Å². The van der Waals surface area contributed by atoms with E-state index in [1.54, 1.807) is 11.8 Å². The maximum Gasteiger partial charge on any atom is 0.224 e. The van der Waals surface area contributed by atoms with Crippen molar-refractivity contribution >= 4 is 29.3 Å². The standard InChI is InChI=1S/C22H27N3O2S/c1-17(26)23-19-8-10-20(11-9-19)28-16-21(18-6-4-3-5-7-18)25-15-14-24(2)13-12-22(25)27/h3-11,21H,12-16H2,1-2H3,(H,23,26)/t21-/m1/s1. The molecular weight excluding hydrogens is 370 g/mol. The molecule has 0 radical (unpaired) electrons. The van der Waals surface area contributed by atoms with Crippen LogP contribution < -0.4 is 5.32 Å². The van der Waals surface area contributed by atoms with Crippen molar-refractivity contribution in [1.29, 1.82) is 0 Å². The third-order valence-corrected chi connectivity index (χ3v) is 5.98. The molecule has 1 saturated heterocycles. The van der Waals surface area contributed by atoms with Gasteiger partial charge in [0.05, 0.1) is 6.04 Å². The van der Waals surface area contributed by atoms with Gasteiger partial charge in [-0.2, -0.15) is 0 Å². The van der Waals surface area contributed by atoms with Crippen LogP contribution in [0.5, 0.6) is 0 Å². The van der Waals surface area contributed by atoms with Gasteiger partial charge in [0.25, 0.3) is 0 Å². The number of thioether (sulfide) groups is 1. The highest BCUT2D eigenvalue weighted by Gasteiger charge is 2.27. The second-order valence-electron chi connectivity index (χ2n) is 7.08. The first-order chi connectivity index (χ1) is 13.5. The first-order valence-corrected chi connectivity index (χ1v) is 10.5. The van der Waals surface area contributed by atoms with E-state index >= 15 is 0 Å². The van der Waals surface area contributed by atoms with Gasteiger partial charge in [-0.1, -0.05) is 30.3 Å². The van der Waals surface area contributed by atoms with Crippen molar-refractivity contribution in [2.75, 3.05) is 37.8 Å². The fourth-order valence-electron chi connectivity index (χ4n) is 3.33. The summed E-state index contributed by atoms with van der Waals surface area (Å²) in [6, 6.07) is 18.2. The Bertz CT molecular complexity index is 795. The van der Waals surface area contributed by atoms with Crippen molar-refractivity contribution in [3.63, 3.8) is 0 Å². The zero-order chi connectivity index (χ0) is 19.9. The van der Waals surface area contributed by atoms with Crippen LogP contribution in [0.1, 0.15) is 24.9 Å². The number of hydrogen-bond acceptors (Lipinski definition) is 4. The Morgan fingerprint density at radius 1 is 1.07 bits per heavy atom. The summed E-state index contributed by atoms with van der Waals surface area (Å²) in [7, 11) is 2.07. The predicted molar refractivity (Wildman–Crippen MR) is 114 cm³/mol.